The van der Waals surface area contributed by atoms with Gasteiger partial charge in [0.1, 0.15) is 10.6 Å². The lowest BCUT2D eigenvalue weighted by molar-refractivity contribution is -0.111. The van der Waals surface area contributed by atoms with Crippen LogP contribution in [0.15, 0.2) is 53.4 Å². The first kappa shape index (κ1) is 19.0. The van der Waals surface area contributed by atoms with Crippen molar-refractivity contribution in [3.63, 3.8) is 0 Å². The van der Waals surface area contributed by atoms with Gasteiger partial charge in [-0.25, -0.2) is 13.1 Å². The summed E-state index contributed by atoms with van der Waals surface area (Å²) in [6.07, 6.45) is 2.81. The van der Waals surface area contributed by atoms with E-state index in [9.17, 15) is 13.2 Å². The third-order valence-electron chi connectivity index (χ3n) is 3.27. The molecule has 0 aliphatic carbocycles. The van der Waals surface area contributed by atoms with Crippen LogP contribution in [0.5, 0.6) is 5.75 Å². The summed E-state index contributed by atoms with van der Waals surface area (Å²) < 4.78 is 31.4. The first-order chi connectivity index (χ1) is 11.9. The molecule has 2 aromatic rings. The number of sulfonamides is 1. The SMILES string of the molecule is CNS(=O)(=O)c1cc(/C=C/C(=O)Nc2cccc(Cl)c2)ccc1OC. The highest BCUT2D eigenvalue weighted by Crippen LogP contribution is 2.25. The Morgan fingerprint density at radius 3 is 2.60 bits per heavy atom. The standard InChI is InChI=1S/C17H17ClN2O4S/c1-19-25(22,23)16-10-12(6-8-15(16)24-2)7-9-17(21)20-14-5-3-4-13(18)11-14/h3-11,19H,1-2H3,(H,20,21)/b9-7+. The van der Waals surface area contributed by atoms with Crippen molar-refractivity contribution in [1.82, 2.24) is 4.72 Å². The number of amides is 1. The van der Waals surface area contributed by atoms with E-state index in [2.05, 4.69) is 10.0 Å². The average Bonchev–Trinajstić information content (AvgIpc) is 2.59. The zero-order chi connectivity index (χ0) is 18.4. The second-order valence-electron chi connectivity index (χ2n) is 4.95. The van der Waals surface area contributed by atoms with Gasteiger partial charge in [-0.2, -0.15) is 0 Å². The van der Waals surface area contributed by atoms with Crippen molar-refractivity contribution in [1.29, 1.82) is 0 Å². The molecule has 2 rings (SSSR count). The van der Waals surface area contributed by atoms with E-state index in [0.29, 0.717) is 16.3 Å². The minimum atomic E-state index is -3.68. The van der Waals surface area contributed by atoms with E-state index in [1.165, 1.54) is 38.4 Å². The molecule has 0 unspecified atom stereocenters. The highest BCUT2D eigenvalue weighted by Gasteiger charge is 2.17. The van der Waals surface area contributed by atoms with Gasteiger partial charge < -0.3 is 10.1 Å². The molecule has 0 radical (unpaired) electrons. The Labute approximate surface area is 151 Å². The maximum atomic E-state index is 12.0. The third-order valence-corrected chi connectivity index (χ3v) is 4.94. The minimum Gasteiger partial charge on any atom is -0.495 e. The highest BCUT2D eigenvalue weighted by molar-refractivity contribution is 7.89. The lowest BCUT2D eigenvalue weighted by atomic mass is 10.2. The van der Waals surface area contributed by atoms with Gasteiger partial charge in [0.15, 0.2) is 0 Å². The van der Waals surface area contributed by atoms with Crippen molar-refractivity contribution in [3.8, 4) is 5.75 Å². The van der Waals surface area contributed by atoms with Gasteiger partial charge in [-0.3, -0.25) is 4.79 Å². The maximum absolute atomic E-state index is 12.0. The van der Waals surface area contributed by atoms with E-state index in [0.717, 1.165) is 0 Å². The fourth-order valence-electron chi connectivity index (χ4n) is 2.04. The molecular formula is C17H17ClN2O4S. The van der Waals surface area contributed by atoms with Crippen molar-refractivity contribution in [3.05, 3.63) is 59.1 Å². The number of halogens is 1. The number of anilines is 1. The van der Waals surface area contributed by atoms with Crippen LogP contribution in [0.2, 0.25) is 5.02 Å². The molecule has 6 nitrogen and oxygen atoms in total. The molecule has 0 aliphatic heterocycles. The molecule has 0 saturated heterocycles. The van der Waals surface area contributed by atoms with Crippen molar-refractivity contribution < 1.29 is 17.9 Å². The van der Waals surface area contributed by atoms with Gasteiger partial charge in [0, 0.05) is 16.8 Å². The monoisotopic (exact) mass is 380 g/mol. The van der Waals surface area contributed by atoms with Gasteiger partial charge in [0.25, 0.3) is 0 Å². The molecule has 1 amide bonds. The second kappa shape index (κ2) is 8.15. The summed E-state index contributed by atoms with van der Waals surface area (Å²) in [5.74, 6) is -0.147. The minimum absolute atomic E-state index is 0.00472. The number of carbonyl (C=O) groups is 1. The summed E-state index contributed by atoms with van der Waals surface area (Å²) in [7, 11) is -0.977. The number of methoxy groups -OCH3 is 1. The van der Waals surface area contributed by atoms with Gasteiger partial charge in [-0.15, -0.1) is 0 Å². The number of carbonyl (C=O) groups excluding carboxylic acids is 1. The highest BCUT2D eigenvalue weighted by atomic mass is 35.5. The van der Waals surface area contributed by atoms with Gasteiger partial charge in [0.05, 0.1) is 7.11 Å². The predicted molar refractivity (Wildman–Crippen MR) is 98.4 cm³/mol. The summed E-state index contributed by atoms with van der Waals surface area (Å²) in [4.78, 5) is 12.0. The fourth-order valence-corrected chi connectivity index (χ4v) is 3.16. The lowest BCUT2D eigenvalue weighted by Gasteiger charge is -2.09. The molecular weight excluding hydrogens is 364 g/mol. The quantitative estimate of drug-likeness (QED) is 0.754. The average molecular weight is 381 g/mol. The zero-order valence-corrected chi connectivity index (χ0v) is 15.2. The number of hydrogen-bond acceptors (Lipinski definition) is 4. The predicted octanol–water partition coefficient (Wildman–Crippen LogP) is 2.91. The Morgan fingerprint density at radius 1 is 1.20 bits per heavy atom. The van der Waals surface area contributed by atoms with Crippen molar-refractivity contribution in [2.45, 2.75) is 4.90 Å². The molecule has 132 valence electrons. The fraction of sp³-hybridized carbons (Fsp3) is 0.118. The van der Waals surface area contributed by atoms with Crippen LogP contribution in [-0.4, -0.2) is 28.5 Å². The van der Waals surface area contributed by atoms with E-state index in [-0.39, 0.29) is 16.6 Å². The Kier molecular flexibility index (Phi) is 6.19. The number of nitrogens with one attached hydrogen (secondary N) is 2. The van der Waals surface area contributed by atoms with Gasteiger partial charge in [-0.1, -0.05) is 23.7 Å². The van der Waals surface area contributed by atoms with Crippen LogP contribution in [-0.2, 0) is 14.8 Å². The molecule has 2 aromatic carbocycles. The van der Waals surface area contributed by atoms with Crippen LogP contribution in [0.1, 0.15) is 5.56 Å². The Morgan fingerprint density at radius 2 is 1.96 bits per heavy atom. The molecule has 0 heterocycles. The molecule has 8 heteroatoms. The summed E-state index contributed by atoms with van der Waals surface area (Å²) in [5.41, 5.74) is 1.10. The lowest BCUT2D eigenvalue weighted by Crippen LogP contribution is -2.19. The van der Waals surface area contributed by atoms with Gasteiger partial charge >= 0.3 is 0 Å². The van der Waals surface area contributed by atoms with Crippen LogP contribution in [0.4, 0.5) is 5.69 Å². The summed E-state index contributed by atoms with van der Waals surface area (Å²) in [5, 5.41) is 3.18. The second-order valence-corrected chi connectivity index (χ2v) is 7.24. The van der Waals surface area contributed by atoms with E-state index < -0.39 is 10.0 Å². The van der Waals surface area contributed by atoms with E-state index in [1.54, 1.807) is 30.3 Å². The number of hydrogen-bond donors (Lipinski definition) is 2. The first-order valence-corrected chi connectivity index (χ1v) is 9.08. The van der Waals surface area contributed by atoms with E-state index in [4.69, 9.17) is 16.3 Å². The normalized spacial score (nSPS) is 11.5. The molecule has 0 saturated carbocycles. The zero-order valence-electron chi connectivity index (χ0n) is 13.6. The van der Waals surface area contributed by atoms with Crippen molar-refractivity contribution >= 4 is 39.3 Å². The van der Waals surface area contributed by atoms with Crippen molar-refractivity contribution in [2.24, 2.45) is 0 Å². The molecule has 0 aromatic heterocycles. The largest absolute Gasteiger partial charge is 0.495 e. The maximum Gasteiger partial charge on any atom is 0.248 e. The first-order valence-electron chi connectivity index (χ1n) is 7.22. The molecule has 0 aliphatic rings. The Balaban J connectivity index is 2.20. The molecule has 2 N–H and O–H groups in total. The molecule has 0 atom stereocenters. The van der Waals surface area contributed by atoms with Crippen molar-refractivity contribution in [2.75, 3.05) is 19.5 Å². The topological polar surface area (TPSA) is 84.5 Å². The van der Waals surface area contributed by atoms with Crippen LogP contribution >= 0.6 is 11.6 Å². The molecule has 0 fully saturated rings. The molecule has 0 bridgehead atoms. The molecule has 25 heavy (non-hydrogen) atoms. The number of benzene rings is 2. The summed E-state index contributed by atoms with van der Waals surface area (Å²) in [6, 6.07) is 11.4. The summed E-state index contributed by atoms with van der Waals surface area (Å²) >= 11 is 5.86. The Hall–Kier alpha value is -2.35. The van der Waals surface area contributed by atoms with Crippen LogP contribution < -0.4 is 14.8 Å². The third kappa shape index (κ3) is 5.06. The smallest absolute Gasteiger partial charge is 0.248 e. The number of rotatable bonds is 6. The molecule has 0 spiro atoms. The van der Waals surface area contributed by atoms with Crippen LogP contribution in [0.25, 0.3) is 6.08 Å². The van der Waals surface area contributed by atoms with Crippen LogP contribution in [0.3, 0.4) is 0 Å². The Bertz CT molecular complexity index is 911. The van der Waals surface area contributed by atoms with Gasteiger partial charge in [-0.05, 0) is 49.0 Å². The van der Waals surface area contributed by atoms with E-state index >= 15 is 0 Å². The van der Waals surface area contributed by atoms with Crippen LogP contribution in [0, 0.1) is 0 Å². The van der Waals surface area contributed by atoms with E-state index in [1.807, 2.05) is 0 Å². The summed E-state index contributed by atoms with van der Waals surface area (Å²) in [6.45, 7) is 0. The van der Waals surface area contributed by atoms with Gasteiger partial charge in [0.2, 0.25) is 15.9 Å². The number of ether oxygens (including phenoxy) is 1.